The minimum Gasteiger partial charge on any atom is -0.439 e. The third kappa shape index (κ3) is 4.65. The summed E-state index contributed by atoms with van der Waals surface area (Å²) in [7, 11) is 0. The fraction of sp³-hybridized carbons (Fsp3) is 0. The number of ether oxygens (including phenoxy) is 1. The zero-order valence-corrected chi connectivity index (χ0v) is 13.2. The number of amides is 3. The van der Waals surface area contributed by atoms with Crippen molar-refractivity contribution < 1.29 is 14.3 Å². The molecule has 124 valence electrons. The molecule has 6 heteroatoms. The van der Waals surface area contributed by atoms with Crippen LogP contribution in [-0.4, -0.2) is 16.9 Å². The summed E-state index contributed by atoms with van der Waals surface area (Å²) in [5.41, 5.74) is 0.900. The molecule has 0 fully saturated rings. The van der Waals surface area contributed by atoms with Gasteiger partial charge in [0, 0.05) is 29.6 Å². The van der Waals surface area contributed by atoms with Crippen LogP contribution in [0.3, 0.4) is 0 Å². The molecule has 25 heavy (non-hydrogen) atoms. The van der Waals surface area contributed by atoms with Gasteiger partial charge in [-0.1, -0.05) is 30.3 Å². The molecule has 0 aliphatic heterocycles. The lowest BCUT2D eigenvalue weighted by Gasteiger charge is -2.09. The average Bonchev–Trinajstić information content (AvgIpc) is 2.63. The monoisotopic (exact) mass is 333 g/mol. The highest BCUT2D eigenvalue weighted by atomic mass is 16.5. The lowest BCUT2D eigenvalue weighted by Crippen LogP contribution is -2.34. The molecule has 0 aliphatic rings. The van der Waals surface area contributed by atoms with E-state index in [-0.39, 0.29) is 0 Å². The average molecular weight is 333 g/mol. The summed E-state index contributed by atoms with van der Waals surface area (Å²) >= 11 is 0. The Morgan fingerprint density at radius 2 is 1.68 bits per heavy atom. The van der Waals surface area contributed by atoms with Crippen LogP contribution in [0, 0.1) is 0 Å². The molecular formula is C19H15N3O3. The first-order chi connectivity index (χ1) is 12.2. The minimum absolute atomic E-state index is 0.407. The van der Waals surface area contributed by atoms with Crippen LogP contribution in [0.5, 0.6) is 11.6 Å². The molecule has 2 aromatic carbocycles. The fourth-order valence-electron chi connectivity index (χ4n) is 2.09. The summed E-state index contributed by atoms with van der Waals surface area (Å²) in [4.78, 5) is 28.0. The first-order valence-electron chi connectivity index (χ1n) is 7.57. The van der Waals surface area contributed by atoms with Crippen molar-refractivity contribution in [3.63, 3.8) is 0 Å². The van der Waals surface area contributed by atoms with E-state index in [9.17, 15) is 9.59 Å². The molecule has 0 bridgehead atoms. The number of pyridine rings is 1. The lowest BCUT2D eigenvalue weighted by molar-refractivity contribution is 0.0967. The van der Waals surface area contributed by atoms with Gasteiger partial charge in [-0.05, 0) is 30.3 Å². The van der Waals surface area contributed by atoms with Crippen LogP contribution in [0.25, 0.3) is 0 Å². The van der Waals surface area contributed by atoms with Gasteiger partial charge in [-0.15, -0.1) is 0 Å². The first kappa shape index (κ1) is 16.2. The Balaban J connectivity index is 1.62. The molecule has 0 atom stereocenters. The Hall–Kier alpha value is -3.67. The predicted octanol–water partition coefficient (Wildman–Crippen LogP) is 3.84. The molecule has 3 aromatic rings. The van der Waals surface area contributed by atoms with E-state index in [0.717, 1.165) is 0 Å². The largest absolute Gasteiger partial charge is 0.439 e. The second-order valence-corrected chi connectivity index (χ2v) is 5.07. The topological polar surface area (TPSA) is 80.3 Å². The molecule has 2 N–H and O–H groups in total. The number of benzene rings is 2. The highest BCUT2D eigenvalue weighted by Gasteiger charge is 2.10. The molecule has 3 amide bonds. The SMILES string of the molecule is O=C(NC(=O)c1ccccc1)Nc1cccc(Oc2ccccn2)c1. The Morgan fingerprint density at radius 1 is 0.880 bits per heavy atom. The number of anilines is 1. The number of imide groups is 1. The van der Waals surface area contributed by atoms with E-state index in [1.165, 1.54) is 0 Å². The van der Waals surface area contributed by atoms with Gasteiger partial charge < -0.3 is 10.1 Å². The van der Waals surface area contributed by atoms with Crippen LogP contribution in [0.4, 0.5) is 10.5 Å². The van der Waals surface area contributed by atoms with Crippen LogP contribution in [0.1, 0.15) is 10.4 Å². The number of aromatic nitrogens is 1. The maximum absolute atomic E-state index is 12.0. The highest BCUT2D eigenvalue weighted by molar-refractivity contribution is 6.07. The van der Waals surface area contributed by atoms with E-state index < -0.39 is 11.9 Å². The number of hydrogen-bond acceptors (Lipinski definition) is 4. The highest BCUT2D eigenvalue weighted by Crippen LogP contribution is 2.22. The van der Waals surface area contributed by atoms with E-state index in [0.29, 0.717) is 22.9 Å². The maximum Gasteiger partial charge on any atom is 0.326 e. The van der Waals surface area contributed by atoms with Gasteiger partial charge in [0.2, 0.25) is 5.88 Å². The Morgan fingerprint density at radius 3 is 2.44 bits per heavy atom. The molecule has 0 spiro atoms. The third-order valence-corrected chi connectivity index (χ3v) is 3.22. The van der Waals surface area contributed by atoms with Gasteiger partial charge in [0.15, 0.2) is 0 Å². The number of carbonyl (C=O) groups excluding carboxylic acids is 2. The molecule has 0 saturated carbocycles. The number of rotatable bonds is 4. The number of nitrogens with one attached hydrogen (secondary N) is 2. The Labute approximate surface area is 144 Å². The van der Waals surface area contributed by atoms with E-state index in [1.54, 1.807) is 72.9 Å². The maximum atomic E-state index is 12.0. The first-order valence-corrected chi connectivity index (χ1v) is 7.57. The Bertz CT molecular complexity index is 867. The van der Waals surface area contributed by atoms with Crippen LogP contribution in [0.15, 0.2) is 79.0 Å². The van der Waals surface area contributed by atoms with Gasteiger partial charge in [-0.3, -0.25) is 10.1 Å². The van der Waals surface area contributed by atoms with Crippen molar-refractivity contribution in [2.45, 2.75) is 0 Å². The summed E-state index contributed by atoms with van der Waals surface area (Å²) in [5.74, 6) is 0.494. The molecule has 3 rings (SSSR count). The van der Waals surface area contributed by atoms with Gasteiger partial charge >= 0.3 is 6.03 Å². The van der Waals surface area contributed by atoms with E-state index >= 15 is 0 Å². The van der Waals surface area contributed by atoms with Crippen molar-refractivity contribution in [1.29, 1.82) is 0 Å². The van der Waals surface area contributed by atoms with E-state index in [4.69, 9.17) is 4.74 Å². The quantitative estimate of drug-likeness (QED) is 0.760. The number of carbonyl (C=O) groups is 2. The van der Waals surface area contributed by atoms with Crippen LogP contribution in [-0.2, 0) is 0 Å². The van der Waals surface area contributed by atoms with Crippen molar-refractivity contribution in [2.75, 3.05) is 5.32 Å². The van der Waals surface area contributed by atoms with Crippen molar-refractivity contribution in [2.24, 2.45) is 0 Å². The summed E-state index contributed by atoms with van der Waals surface area (Å²) in [5, 5.41) is 4.87. The second-order valence-electron chi connectivity index (χ2n) is 5.07. The van der Waals surface area contributed by atoms with Crippen LogP contribution < -0.4 is 15.4 Å². The summed E-state index contributed by atoms with van der Waals surface area (Å²) in [6.45, 7) is 0. The summed E-state index contributed by atoms with van der Waals surface area (Å²) in [6, 6.07) is 20.0. The number of urea groups is 1. The molecule has 0 radical (unpaired) electrons. The van der Waals surface area contributed by atoms with Crippen LogP contribution >= 0.6 is 0 Å². The van der Waals surface area contributed by atoms with Crippen molar-refractivity contribution in [3.8, 4) is 11.6 Å². The molecule has 0 saturated heterocycles. The van der Waals surface area contributed by atoms with Crippen LogP contribution in [0.2, 0.25) is 0 Å². The smallest absolute Gasteiger partial charge is 0.326 e. The molecule has 0 aliphatic carbocycles. The summed E-state index contributed by atoms with van der Waals surface area (Å²) < 4.78 is 5.60. The molecular weight excluding hydrogens is 318 g/mol. The summed E-state index contributed by atoms with van der Waals surface area (Å²) in [6.07, 6.45) is 1.63. The number of nitrogens with zero attached hydrogens (tertiary/aromatic N) is 1. The van der Waals surface area contributed by atoms with Gasteiger partial charge in [0.05, 0.1) is 0 Å². The predicted molar refractivity (Wildman–Crippen MR) is 93.7 cm³/mol. The fourth-order valence-corrected chi connectivity index (χ4v) is 2.09. The van der Waals surface area contributed by atoms with Gasteiger partial charge in [0.1, 0.15) is 5.75 Å². The third-order valence-electron chi connectivity index (χ3n) is 3.22. The normalized spacial score (nSPS) is 9.92. The van der Waals surface area contributed by atoms with Crippen molar-refractivity contribution in [1.82, 2.24) is 10.3 Å². The standard InChI is InChI=1S/C19H15N3O3/c23-18(14-7-2-1-3-8-14)22-19(24)21-15-9-6-10-16(13-15)25-17-11-4-5-12-20-17/h1-13H,(H2,21,22,23,24). The van der Waals surface area contributed by atoms with E-state index in [1.807, 2.05) is 6.07 Å². The minimum atomic E-state index is -0.621. The molecule has 1 aromatic heterocycles. The Kier molecular flexibility index (Phi) is 5.01. The van der Waals surface area contributed by atoms with Gasteiger partial charge in [-0.25, -0.2) is 9.78 Å². The molecule has 0 unspecified atom stereocenters. The van der Waals surface area contributed by atoms with Crippen molar-refractivity contribution >= 4 is 17.6 Å². The van der Waals surface area contributed by atoms with Crippen molar-refractivity contribution in [3.05, 3.63) is 84.6 Å². The van der Waals surface area contributed by atoms with Gasteiger partial charge in [0.25, 0.3) is 5.91 Å². The zero-order chi connectivity index (χ0) is 17.5. The second kappa shape index (κ2) is 7.74. The molecule has 1 heterocycles. The number of hydrogen-bond donors (Lipinski definition) is 2. The van der Waals surface area contributed by atoms with Gasteiger partial charge in [-0.2, -0.15) is 0 Å². The molecule has 6 nitrogen and oxygen atoms in total. The zero-order valence-electron chi connectivity index (χ0n) is 13.2. The van der Waals surface area contributed by atoms with E-state index in [2.05, 4.69) is 15.6 Å². The lowest BCUT2D eigenvalue weighted by atomic mass is 10.2.